The fraction of sp³-hybridized carbons (Fsp3) is 0.750. The minimum absolute atomic E-state index is 0.0108. The number of fused-ring (bicyclic) bond motifs is 1. The fourth-order valence-corrected chi connectivity index (χ4v) is 4.08. The molecule has 4 nitrogen and oxygen atoms in total. The van der Waals surface area contributed by atoms with Crippen LogP contribution in [-0.4, -0.2) is 30.3 Å². The molecule has 20 heavy (non-hydrogen) atoms. The Morgan fingerprint density at radius 1 is 1.40 bits per heavy atom. The van der Waals surface area contributed by atoms with Gasteiger partial charge in [0, 0.05) is 37.0 Å². The van der Waals surface area contributed by atoms with Crippen LogP contribution in [0.15, 0.2) is 11.8 Å². The Labute approximate surface area is 120 Å². The third-order valence-corrected chi connectivity index (χ3v) is 5.38. The van der Waals surface area contributed by atoms with Crippen molar-refractivity contribution in [1.82, 2.24) is 10.2 Å². The van der Waals surface area contributed by atoms with Crippen molar-refractivity contribution in [3.8, 4) is 0 Å². The second kappa shape index (κ2) is 5.23. The highest BCUT2D eigenvalue weighted by molar-refractivity contribution is 5.81. The van der Waals surface area contributed by atoms with Crippen LogP contribution in [0.1, 0.15) is 51.4 Å². The summed E-state index contributed by atoms with van der Waals surface area (Å²) in [5, 5.41) is 3.17. The molecule has 1 saturated carbocycles. The van der Waals surface area contributed by atoms with Gasteiger partial charge >= 0.3 is 0 Å². The van der Waals surface area contributed by atoms with E-state index in [0.717, 1.165) is 37.8 Å². The quantitative estimate of drug-likeness (QED) is 0.859. The Hall–Kier alpha value is -1.32. The predicted molar refractivity (Wildman–Crippen MR) is 76.7 cm³/mol. The summed E-state index contributed by atoms with van der Waals surface area (Å²) in [6, 6.07) is 0. The molecule has 4 heteroatoms. The molecule has 0 radical (unpaired) electrons. The van der Waals surface area contributed by atoms with Crippen molar-refractivity contribution in [2.75, 3.05) is 13.6 Å². The molecule has 1 atom stereocenters. The monoisotopic (exact) mass is 276 g/mol. The molecule has 110 valence electrons. The van der Waals surface area contributed by atoms with E-state index in [4.69, 9.17) is 0 Å². The lowest BCUT2D eigenvalue weighted by Gasteiger charge is -2.41. The van der Waals surface area contributed by atoms with E-state index in [-0.39, 0.29) is 23.1 Å². The maximum absolute atomic E-state index is 12.2. The normalized spacial score (nSPS) is 30.4. The summed E-state index contributed by atoms with van der Waals surface area (Å²) >= 11 is 0. The van der Waals surface area contributed by atoms with Crippen LogP contribution < -0.4 is 5.32 Å². The summed E-state index contributed by atoms with van der Waals surface area (Å²) in [6.07, 6.45) is 10.2. The zero-order valence-corrected chi connectivity index (χ0v) is 12.3. The van der Waals surface area contributed by atoms with Gasteiger partial charge in [-0.3, -0.25) is 9.59 Å². The van der Waals surface area contributed by atoms with Gasteiger partial charge in [0.2, 0.25) is 11.8 Å². The van der Waals surface area contributed by atoms with Crippen LogP contribution in [0.25, 0.3) is 0 Å². The van der Waals surface area contributed by atoms with Crippen LogP contribution in [-0.2, 0) is 9.59 Å². The number of piperidine rings is 1. The Balaban J connectivity index is 1.65. The van der Waals surface area contributed by atoms with Crippen molar-refractivity contribution >= 4 is 11.8 Å². The molecule has 2 aliphatic carbocycles. The molecule has 0 bridgehead atoms. The average Bonchev–Trinajstić information content (AvgIpc) is 3.10. The Morgan fingerprint density at radius 2 is 2.15 bits per heavy atom. The molecule has 0 aromatic rings. The molecular formula is C16H24N2O2. The highest BCUT2D eigenvalue weighted by Gasteiger charge is 2.44. The molecule has 1 heterocycles. The maximum Gasteiger partial charge on any atom is 0.226 e. The highest BCUT2D eigenvalue weighted by atomic mass is 16.2. The number of carbonyl (C=O) groups is 2. The Bertz CT molecular complexity index is 451. The first-order valence-electron chi connectivity index (χ1n) is 7.87. The molecule has 1 saturated heterocycles. The molecule has 0 aromatic heterocycles. The van der Waals surface area contributed by atoms with Gasteiger partial charge in [-0.15, -0.1) is 0 Å². The summed E-state index contributed by atoms with van der Waals surface area (Å²) < 4.78 is 0. The van der Waals surface area contributed by atoms with E-state index >= 15 is 0 Å². The zero-order valence-electron chi connectivity index (χ0n) is 12.3. The van der Waals surface area contributed by atoms with Gasteiger partial charge < -0.3 is 10.2 Å². The van der Waals surface area contributed by atoms with Gasteiger partial charge in [0.15, 0.2) is 0 Å². The van der Waals surface area contributed by atoms with Crippen molar-refractivity contribution in [3.05, 3.63) is 11.8 Å². The van der Waals surface area contributed by atoms with Crippen molar-refractivity contribution in [2.45, 2.75) is 51.4 Å². The first-order valence-corrected chi connectivity index (χ1v) is 7.87. The standard InChI is InChI=1S/C16H24N2O2/c1-18-13-7-4-9-16(13,10-8-14(18)19)11-17-15(20)12-5-2-3-6-12/h7,12H,2-6,8-11H2,1H3,(H,17,20). The molecule has 1 aliphatic heterocycles. The maximum atomic E-state index is 12.2. The number of hydrogen-bond donors (Lipinski definition) is 1. The van der Waals surface area contributed by atoms with E-state index in [9.17, 15) is 9.59 Å². The van der Waals surface area contributed by atoms with Gasteiger partial charge in [-0.25, -0.2) is 0 Å². The molecule has 0 spiro atoms. The van der Waals surface area contributed by atoms with Gasteiger partial charge in [0.05, 0.1) is 0 Å². The van der Waals surface area contributed by atoms with Gasteiger partial charge in [0.25, 0.3) is 0 Å². The summed E-state index contributed by atoms with van der Waals surface area (Å²) in [5.41, 5.74) is 1.15. The van der Waals surface area contributed by atoms with E-state index in [1.54, 1.807) is 4.90 Å². The Kier molecular flexibility index (Phi) is 3.57. The number of amides is 2. The minimum atomic E-state index is 0.0108. The molecule has 1 N–H and O–H groups in total. The van der Waals surface area contributed by atoms with E-state index in [1.165, 1.54) is 12.8 Å². The first-order chi connectivity index (χ1) is 9.62. The number of likely N-dealkylation sites (tertiary alicyclic amines) is 1. The van der Waals surface area contributed by atoms with Crippen molar-refractivity contribution in [2.24, 2.45) is 11.3 Å². The van der Waals surface area contributed by atoms with Crippen LogP contribution in [0.2, 0.25) is 0 Å². The average molecular weight is 276 g/mol. The number of hydrogen-bond acceptors (Lipinski definition) is 2. The van der Waals surface area contributed by atoms with Crippen molar-refractivity contribution < 1.29 is 9.59 Å². The molecule has 3 aliphatic rings. The summed E-state index contributed by atoms with van der Waals surface area (Å²) in [7, 11) is 1.87. The third-order valence-electron chi connectivity index (χ3n) is 5.38. The van der Waals surface area contributed by atoms with Gasteiger partial charge in [-0.2, -0.15) is 0 Å². The lowest BCUT2D eigenvalue weighted by atomic mass is 9.77. The van der Waals surface area contributed by atoms with Crippen LogP contribution in [0.3, 0.4) is 0 Å². The van der Waals surface area contributed by atoms with Gasteiger partial charge in [0.1, 0.15) is 0 Å². The number of nitrogens with one attached hydrogen (secondary N) is 1. The minimum Gasteiger partial charge on any atom is -0.355 e. The highest BCUT2D eigenvalue weighted by Crippen LogP contribution is 2.46. The smallest absolute Gasteiger partial charge is 0.226 e. The molecular weight excluding hydrogens is 252 g/mol. The van der Waals surface area contributed by atoms with Gasteiger partial charge in [-0.1, -0.05) is 18.9 Å². The van der Waals surface area contributed by atoms with Crippen LogP contribution >= 0.6 is 0 Å². The van der Waals surface area contributed by atoms with E-state index in [0.29, 0.717) is 13.0 Å². The number of carbonyl (C=O) groups excluding carboxylic acids is 2. The van der Waals surface area contributed by atoms with Crippen LogP contribution in [0.5, 0.6) is 0 Å². The lowest BCUT2D eigenvalue weighted by Crippen LogP contribution is -2.47. The lowest BCUT2D eigenvalue weighted by molar-refractivity contribution is -0.132. The molecule has 2 amide bonds. The first kappa shape index (κ1) is 13.7. The predicted octanol–water partition coefficient (Wildman–Crippen LogP) is 2.21. The zero-order chi connectivity index (χ0) is 14.2. The fourth-order valence-electron chi connectivity index (χ4n) is 4.08. The van der Waals surface area contributed by atoms with Crippen molar-refractivity contribution in [3.63, 3.8) is 0 Å². The van der Waals surface area contributed by atoms with E-state index in [1.807, 2.05) is 7.05 Å². The van der Waals surface area contributed by atoms with Crippen molar-refractivity contribution in [1.29, 1.82) is 0 Å². The number of rotatable bonds is 3. The number of nitrogens with zero attached hydrogens (tertiary/aromatic N) is 1. The molecule has 3 rings (SSSR count). The van der Waals surface area contributed by atoms with Gasteiger partial charge in [-0.05, 0) is 32.1 Å². The molecule has 0 aromatic carbocycles. The Morgan fingerprint density at radius 3 is 2.90 bits per heavy atom. The van der Waals surface area contributed by atoms with E-state index in [2.05, 4.69) is 11.4 Å². The topological polar surface area (TPSA) is 49.4 Å². The summed E-state index contributed by atoms with van der Waals surface area (Å²) in [4.78, 5) is 25.8. The summed E-state index contributed by atoms with van der Waals surface area (Å²) in [5.74, 6) is 0.654. The van der Waals surface area contributed by atoms with Crippen LogP contribution in [0.4, 0.5) is 0 Å². The SMILES string of the molecule is CN1C(=O)CCC2(CNC(=O)C3CCCC3)CCC=C12. The molecule has 2 fully saturated rings. The largest absolute Gasteiger partial charge is 0.355 e. The van der Waals surface area contributed by atoms with Crippen LogP contribution in [0, 0.1) is 11.3 Å². The third kappa shape index (κ3) is 2.25. The second-order valence-corrected chi connectivity index (χ2v) is 6.56. The molecule has 1 unspecified atom stereocenters. The van der Waals surface area contributed by atoms with E-state index < -0.39 is 0 Å². The summed E-state index contributed by atoms with van der Waals surface area (Å²) in [6.45, 7) is 0.700. The number of allylic oxidation sites excluding steroid dienone is 1. The second-order valence-electron chi connectivity index (χ2n) is 6.56.